The van der Waals surface area contributed by atoms with Crippen molar-refractivity contribution in [1.29, 1.82) is 0 Å². The van der Waals surface area contributed by atoms with Crippen LogP contribution < -0.4 is 14.8 Å². The second kappa shape index (κ2) is 6.26. The lowest BCUT2D eigenvalue weighted by atomic mass is 10.2. The SMILES string of the molecule is C#CCNCc1cc(Cl)cc(OC)c1OC. The number of ether oxygens (including phenoxy) is 2. The first kappa shape index (κ1) is 12.7. The quantitative estimate of drug-likeness (QED) is 0.631. The Kier molecular flexibility index (Phi) is 4.97. The molecule has 0 aromatic heterocycles. The van der Waals surface area contributed by atoms with Gasteiger partial charge in [-0.2, -0.15) is 0 Å². The summed E-state index contributed by atoms with van der Waals surface area (Å²) in [5.41, 5.74) is 0.919. The molecule has 0 saturated heterocycles. The Balaban J connectivity index is 2.96. The molecule has 0 aliphatic rings. The third-order valence-corrected chi connectivity index (χ3v) is 2.28. The highest BCUT2D eigenvalue weighted by atomic mass is 35.5. The number of hydrogen-bond donors (Lipinski definition) is 1. The van der Waals surface area contributed by atoms with Gasteiger partial charge in [0.1, 0.15) is 0 Å². The highest BCUT2D eigenvalue weighted by Gasteiger charge is 2.11. The van der Waals surface area contributed by atoms with E-state index in [0.29, 0.717) is 29.6 Å². The molecule has 0 spiro atoms. The summed E-state index contributed by atoms with van der Waals surface area (Å²) in [6.45, 7) is 1.09. The predicted octanol–water partition coefficient (Wildman–Crippen LogP) is 2.08. The molecular formula is C12H14ClNO2. The van der Waals surface area contributed by atoms with E-state index in [4.69, 9.17) is 27.5 Å². The lowest BCUT2D eigenvalue weighted by Gasteiger charge is -2.13. The number of hydrogen-bond acceptors (Lipinski definition) is 3. The fourth-order valence-electron chi connectivity index (χ4n) is 1.41. The molecule has 0 bridgehead atoms. The van der Waals surface area contributed by atoms with Crippen molar-refractivity contribution in [2.75, 3.05) is 20.8 Å². The summed E-state index contributed by atoms with van der Waals surface area (Å²) in [4.78, 5) is 0. The van der Waals surface area contributed by atoms with Crippen LogP contribution in [0.5, 0.6) is 11.5 Å². The second-order valence-corrected chi connectivity index (χ2v) is 3.54. The molecule has 0 heterocycles. The Labute approximate surface area is 101 Å². The van der Waals surface area contributed by atoms with Crippen LogP contribution in [0.4, 0.5) is 0 Å². The van der Waals surface area contributed by atoms with E-state index in [9.17, 15) is 0 Å². The van der Waals surface area contributed by atoms with E-state index in [1.807, 2.05) is 6.07 Å². The van der Waals surface area contributed by atoms with Crippen LogP contribution in [0.25, 0.3) is 0 Å². The first-order valence-corrected chi connectivity index (χ1v) is 5.15. The first-order chi connectivity index (χ1) is 7.72. The largest absolute Gasteiger partial charge is 0.493 e. The third kappa shape index (κ3) is 3.06. The van der Waals surface area contributed by atoms with E-state index in [1.54, 1.807) is 20.3 Å². The molecule has 0 aliphatic carbocycles. The Morgan fingerprint density at radius 2 is 2.12 bits per heavy atom. The van der Waals surface area contributed by atoms with E-state index in [0.717, 1.165) is 5.56 Å². The van der Waals surface area contributed by atoms with Crippen molar-refractivity contribution in [3.05, 3.63) is 22.7 Å². The van der Waals surface area contributed by atoms with Gasteiger partial charge in [0.2, 0.25) is 0 Å². The Bertz CT molecular complexity index is 399. The fraction of sp³-hybridized carbons (Fsp3) is 0.333. The van der Waals surface area contributed by atoms with Crippen molar-refractivity contribution in [3.8, 4) is 23.8 Å². The van der Waals surface area contributed by atoms with Crippen molar-refractivity contribution in [2.45, 2.75) is 6.54 Å². The van der Waals surface area contributed by atoms with Crippen LogP contribution in [0.15, 0.2) is 12.1 Å². The van der Waals surface area contributed by atoms with Crippen molar-refractivity contribution in [1.82, 2.24) is 5.32 Å². The summed E-state index contributed by atoms with van der Waals surface area (Å²) in [6.07, 6.45) is 5.15. The highest BCUT2D eigenvalue weighted by Crippen LogP contribution is 2.34. The summed E-state index contributed by atoms with van der Waals surface area (Å²) >= 11 is 5.97. The van der Waals surface area contributed by atoms with Crippen LogP contribution in [0.3, 0.4) is 0 Å². The summed E-state index contributed by atoms with van der Waals surface area (Å²) in [7, 11) is 3.17. The van der Waals surface area contributed by atoms with E-state index in [1.165, 1.54) is 0 Å². The molecule has 0 radical (unpaired) electrons. The number of methoxy groups -OCH3 is 2. The van der Waals surface area contributed by atoms with Gasteiger partial charge in [-0.3, -0.25) is 0 Å². The molecule has 16 heavy (non-hydrogen) atoms. The summed E-state index contributed by atoms with van der Waals surface area (Å²) in [5.74, 6) is 3.80. The number of nitrogens with one attached hydrogen (secondary N) is 1. The van der Waals surface area contributed by atoms with Gasteiger partial charge in [0, 0.05) is 23.2 Å². The van der Waals surface area contributed by atoms with Crippen LogP contribution in [-0.4, -0.2) is 20.8 Å². The van der Waals surface area contributed by atoms with Crippen molar-refractivity contribution >= 4 is 11.6 Å². The smallest absolute Gasteiger partial charge is 0.165 e. The standard InChI is InChI=1S/C12H14ClNO2/c1-4-5-14-8-9-6-10(13)7-11(15-2)12(9)16-3/h1,6-7,14H,5,8H2,2-3H3. The zero-order chi connectivity index (χ0) is 12.0. The minimum Gasteiger partial charge on any atom is -0.493 e. The predicted molar refractivity (Wildman–Crippen MR) is 65.1 cm³/mol. The maximum Gasteiger partial charge on any atom is 0.165 e. The van der Waals surface area contributed by atoms with E-state index in [2.05, 4.69) is 11.2 Å². The van der Waals surface area contributed by atoms with Crippen molar-refractivity contribution < 1.29 is 9.47 Å². The first-order valence-electron chi connectivity index (χ1n) is 4.77. The van der Waals surface area contributed by atoms with Crippen LogP contribution in [0.2, 0.25) is 5.02 Å². The Hall–Kier alpha value is -1.37. The molecule has 0 atom stereocenters. The second-order valence-electron chi connectivity index (χ2n) is 3.11. The summed E-state index contributed by atoms with van der Waals surface area (Å²) in [6, 6.07) is 3.54. The molecule has 0 aliphatic heterocycles. The van der Waals surface area contributed by atoms with Gasteiger partial charge >= 0.3 is 0 Å². The van der Waals surface area contributed by atoms with E-state index < -0.39 is 0 Å². The zero-order valence-corrected chi connectivity index (χ0v) is 10.1. The van der Waals surface area contributed by atoms with Crippen molar-refractivity contribution in [2.24, 2.45) is 0 Å². The highest BCUT2D eigenvalue weighted by molar-refractivity contribution is 6.30. The monoisotopic (exact) mass is 239 g/mol. The molecule has 1 aromatic carbocycles. The molecule has 0 amide bonds. The van der Waals surface area contributed by atoms with Gasteiger partial charge in [0.25, 0.3) is 0 Å². The molecule has 1 rings (SSSR count). The van der Waals surface area contributed by atoms with Gasteiger partial charge < -0.3 is 14.8 Å². The minimum atomic E-state index is 0.498. The number of halogens is 1. The molecule has 86 valence electrons. The Morgan fingerprint density at radius 1 is 1.38 bits per heavy atom. The normalized spacial score (nSPS) is 9.62. The van der Waals surface area contributed by atoms with Crippen LogP contribution in [0, 0.1) is 12.3 Å². The van der Waals surface area contributed by atoms with Crippen molar-refractivity contribution in [3.63, 3.8) is 0 Å². The maximum absolute atomic E-state index is 5.97. The van der Waals surface area contributed by atoms with Crippen LogP contribution in [0.1, 0.15) is 5.56 Å². The molecule has 3 nitrogen and oxygen atoms in total. The molecular weight excluding hydrogens is 226 g/mol. The molecule has 4 heteroatoms. The van der Waals surface area contributed by atoms with Gasteiger partial charge in [-0.1, -0.05) is 17.5 Å². The molecule has 0 saturated carbocycles. The summed E-state index contributed by atoms with van der Waals surface area (Å²) in [5, 5.41) is 3.68. The third-order valence-electron chi connectivity index (χ3n) is 2.06. The van der Waals surface area contributed by atoms with Crippen LogP contribution in [-0.2, 0) is 6.54 Å². The lowest BCUT2D eigenvalue weighted by molar-refractivity contribution is 0.351. The minimum absolute atomic E-state index is 0.498. The number of terminal acetylenes is 1. The van der Waals surface area contributed by atoms with Gasteiger partial charge in [-0.15, -0.1) is 6.42 Å². The van der Waals surface area contributed by atoms with Gasteiger partial charge in [0.15, 0.2) is 11.5 Å². The van der Waals surface area contributed by atoms with Crippen LogP contribution >= 0.6 is 11.6 Å². The average Bonchev–Trinajstić information content (AvgIpc) is 2.28. The molecule has 0 unspecified atom stereocenters. The summed E-state index contributed by atoms with van der Waals surface area (Å²) < 4.78 is 10.5. The average molecular weight is 240 g/mol. The number of benzene rings is 1. The molecule has 1 N–H and O–H groups in total. The molecule has 1 aromatic rings. The zero-order valence-electron chi connectivity index (χ0n) is 9.34. The van der Waals surface area contributed by atoms with E-state index in [-0.39, 0.29) is 0 Å². The van der Waals surface area contributed by atoms with Gasteiger partial charge in [0.05, 0.1) is 20.8 Å². The topological polar surface area (TPSA) is 30.5 Å². The number of rotatable bonds is 5. The molecule has 0 fully saturated rings. The lowest BCUT2D eigenvalue weighted by Crippen LogP contribution is -2.14. The Morgan fingerprint density at radius 3 is 2.69 bits per heavy atom. The van der Waals surface area contributed by atoms with Gasteiger partial charge in [-0.25, -0.2) is 0 Å². The van der Waals surface area contributed by atoms with E-state index >= 15 is 0 Å². The fourth-order valence-corrected chi connectivity index (χ4v) is 1.64. The van der Waals surface area contributed by atoms with Gasteiger partial charge in [-0.05, 0) is 6.07 Å². The maximum atomic E-state index is 5.97.